The Morgan fingerprint density at radius 2 is 2.08 bits per heavy atom. The normalized spacial score (nSPS) is 19.8. The number of allylic oxidation sites excluding steroid dienone is 2. The molecule has 3 N–H and O–H groups in total. The number of nitrogens with zero attached hydrogens (tertiary/aromatic N) is 4. The number of carbonyl (C=O) groups excluding carboxylic acids is 1. The Morgan fingerprint density at radius 3 is 2.69 bits per heavy atom. The number of piperidine rings is 1. The highest BCUT2D eigenvalue weighted by atomic mass is 16.5. The fraction of sp³-hybridized carbons (Fsp3) is 0.615. The first-order chi connectivity index (χ1) is 17.4. The Kier molecular flexibility index (Phi) is 8.93. The zero-order valence-corrected chi connectivity index (χ0v) is 21.1. The fourth-order valence-corrected chi connectivity index (χ4v) is 4.48. The molecule has 1 aliphatic heterocycles. The lowest BCUT2D eigenvalue weighted by Crippen LogP contribution is -2.38. The number of rotatable bonds is 10. The molecular formula is C26H37N5O5. The third-order valence-corrected chi connectivity index (χ3v) is 6.89. The largest absolute Gasteiger partial charge is 0.492 e. The van der Waals surface area contributed by atoms with Crippen LogP contribution in [0.4, 0.5) is 6.01 Å². The SMILES string of the molecule is CC(C)c1noc(N2CCC(COc3ccc(C4=CCC(C(=O)NC[C@H](O)CO)CC4)nc3)CC2)n1. The molecule has 2 atom stereocenters. The number of pyridine rings is 1. The van der Waals surface area contributed by atoms with Gasteiger partial charge in [0.15, 0.2) is 5.82 Å². The van der Waals surface area contributed by atoms with Crippen LogP contribution in [-0.4, -0.2) is 70.2 Å². The van der Waals surface area contributed by atoms with Gasteiger partial charge in [-0.25, -0.2) is 0 Å². The van der Waals surface area contributed by atoms with E-state index < -0.39 is 6.10 Å². The third kappa shape index (κ3) is 6.82. The van der Waals surface area contributed by atoms with Gasteiger partial charge in [-0.2, -0.15) is 4.98 Å². The van der Waals surface area contributed by atoms with Gasteiger partial charge in [0.25, 0.3) is 0 Å². The standard InChI is InChI=1S/C26H37N5O5/c1-17(2)24-29-26(36-30-24)31-11-9-18(10-12-31)16-35-22-7-8-23(27-14-22)19-3-5-20(6-4-19)25(34)28-13-21(33)15-32/h3,7-8,14,17-18,20-21,32-33H,4-6,9-13,15-16H2,1-2H3,(H,28,34)/t20?,21-/m0/s1. The molecule has 0 aromatic carbocycles. The Labute approximate surface area is 211 Å². The van der Waals surface area contributed by atoms with Crippen molar-refractivity contribution in [2.75, 3.05) is 37.7 Å². The van der Waals surface area contributed by atoms with Crippen LogP contribution in [0.3, 0.4) is 0 Å². The van der Waals surface area contributed by atoms with Gasteiger partial charge >= 0.3 is 6.01 Å². The molecule has 4 rings (SSSR count). The molecule has 1 aliphatic carbocycles. The molecule has 2 aromatic heterocycles. The van der Waals surface area contributed by atoms with Gasteiger partial charge in [-0.05, 0) is 55.7 Å². The summed E-state index contributed by atoms with van der Waals surface area (Å²) < 4.78 is 11.4. The second-order valence-corrected chi connectivity index (χ2v) is 9.99. The molecule has 1 saturated heterocycles. The van der Waals surface area contributed by atoms with Crippen molar-refractivity contribution in [1.82, 2.24) is 20.4 Å². The second kappa shape index (κ2) is 12.3. The number of nitrogens with one attached hydrogen (secondary N) is 1. The number of aromatic nitrogens is 3. The van der Waals surface area contributed by atoms with Crippen molar-refractivity contribution < 1.29 is 24.3 Å². The quantitative estimate of drug-likeness (QED) is 0.451. The molecule has 2 aromatic rings. The predicted octanol–water partition coefficient (Wildman–Crippen LogP) is 2.54. The van der Waals surface area contributed by atoms with Crippen LogP contribution < -0.4 is 15.0 Å². The van der Waals surface area contributed by atoms with E-state index in [1.807, 2.05) is 12.1 Å². The van der Waals surface area contributed by atoms with Gasteiger partial charge < -0.3 is 29.7 Å². The molecule has 1 amide bonds. The number of anilines is 1. The van der Waals surface area contributed by atoms with Gasteiger partial charge in [0.1, 0.15) is 5.75 Å². The van der Waals surface area contributed by atoms with E-state index >= 15 is 0 Å². The van der Waals surface area contributed by atoms with Gasteiger partial charge in [0.05, 0.1) is 31.2 Å². The van der Waals surface area contributed by atoms with E-state index in [2.05, 4.69) is 45.3 Å². The molecule has 10 nitrogen and oxygen atoms in total. The number of hydrogen-bond donors (Lipinski definition) is 3. The highest BCUT2D eigenvalue weighted by Gasteiger charge is 2.25. The monoisotopic (exact) mass is 499 g/mol. The van der Waals surface area contributed by atoms with Crippen LogP contribution >= 0.6 is 0 Å². The summed E-state index contributed by atoms with van der Waals surface area (Å²) in [7, 11) is 0. The molecule has 0 bridgehead atoms. The molecular weight excluding hydrogens is 462 g/mol. The molecule has 1 fully saturated rings. The van der Waals surface area contributed by atoms with Crippen molar-refractivity contribution >= 4 is 17.5 Å². The van der Waals surface area contributed by atoms with Gasteiger partial charge in [0.2, 0.25) is 5.91 Å². The average molecular weight is 500 g/mol. The molecule has 1 unspecified atom stereocenters. The van der Waals surface area contributed by atoms with E-state index in [-0.39, 0.29) is 30.9 Å². The van der Waals surface area contributed by atoms with Crippen LogP contribution in [0, 0.1) is 11.8 Å². The number of carbonyl (C=O) groups is 1. The maximum atomic E-state index is 12.2. The summed E-state index contributed by atoms with van der Waals surface area (Å²) in [4.78, 5) is 23.5. The number of hydrogen-bond acceptors (Lipinski definition) is 9. The van der Waals surface area contributed by atoms with Crippen molar-refractivity contribution in [2.24, 2.45) is 11.8 Å². The Hall–Kier alpha value is -2.98. The lowest BCUT2D eigenvalue weighted by atomic mass is 9.87. The lowest BCUT2D eigenvalue weighted by Gasteiger charge is -2.30. The minimum absolute atomic E-state index is 0.0718. The van der Waals surface area contributed by atoms with Crippen LogP contribution in [0.15, 0.2) is 28.9 Å². The van der Waals surface area contributed by atoms with Crippen LogP contribution in [0.25, 0.3) is 5.57 Å². The van der Waals surface area contributed by atoms with Crippen molar-refractivity contribution in [3.63, 3.8) is 0 Å². The highest BCUT2D eigenvalue weighted by molar-refractivity contribution is 5.80. The Bertz CT molecular complexity index is 1010. The van der Waals surface area contributed by atoms with Crippen molar-refractivity contribution in [1.29, 1.82) is 0 Å². The Balaban J connectivity index is 1.20. The first kappa shape index (κ1) is 26.1. The Morgan fingerprint density at radius 1 is 1.28 bits per heavy atom. The van der Waals surface area contributed by atoms with Crippen LogP contribution in [0.2, 0.25) is 0 Å². The molecule has 2 aliphatic rings. The van der Waals surface area contributed by atoms with Crippen molar-refractivity contribution in [2.45, 2.75) is 58.0 Å². The first-order valence-electron chi connectivity index (χ1n) is 12.9. The van der Waals surface area contributed by atoms with E-state index in [0.717, 1.165) is 61.6 Å². The summed E-state index contributed by atoms with van der Waals surface area (Å²) >= 11 is 0. The predicted molar refractivity (Wildman–Crippen MR) is 134 cm³/mol. The van der Waals surface area contributed by atoms with Gasteiger partial charge in [-0.3, -0.25) is 9.78 Å². The van der Waals surface area contributed by atoms with E-state index in [1.165, 1.54) is 0 Å². The van der Waals surface area contributed by atoms with E-state index in [0.29, 0.717) is 25.0 Å². The number of aliphatic hydroxyl groups is 2. The van der Waals surface area contributed by atoms with Crippen molar-refractivity contribution in [3.8, 4) is 5.75 Å². The van der Waals surface area contributed by atoms with Crippen molar-refractivity contribution in [3.05, 3.63) is 35.9 Å². The minimum Gasteiger partial charge on any atom is -0.492 e. The summed E-state index contributed by atoms with van der Waals surface area (Å²) in [5, 5.41) is 25.0. The lowest BCUT2D eigenvalue weighted by molar-refractivity contribution is -0.125. The van der Waals surface area contributed by atoms with E-state index in [4.69, 9.17) is 14.4 Å². The second-order valence-electron chi connectivity index (χ2n) is 9.99. The minimum atomic E-state index is -0.920. The first-order valence-corrected chi connectivity index (χ1v) is 12.9. The number of aliphatic hydroxyl groups excluding tert-OH is 2. The molecule has 36 heavy (non-hydrogen) atoms. The zero-order valence-electron chi connectivity index (χ0n) is 21.1. The molecule has 0 saturated carbocycles. The average Bonchev–Trinajstić information content (AvgIpc) is 3.42. The summed E-state index contributed by atoms with van der Waals surface area (Å²) in [6.45, 7) is 6.22. The summed E-state index contributed by atoms with van der Waals surface area (Å²) in [5.41, 5.74) is 2.04. The van der Waals surface area contributed by atoms with Crippen LogP contribution in [0.5, 0.6) is 5.75 Å². The molecule has 196 valence electrons. The highest BCUT2D eigenvalue weighted by Crippen LogP contribution is 2.30. The number of amides is 1. The number of ether oxygens (including phenoxy) is 1. The van der Waals surface area contributed by atoms with Crippen LogP contribution in [-0.2, 0) is 4.79 Å². The smallest absolute Gasteiger partial charge is 0.324 e. The zero-order chi connectivity index (χ0) is 25.5. The third-order valence-electron chi connectivity index (χ3n) is 6.89. The van der Waals surface area contributed by atoms with E-state index in [1.54, 1.807) is 6.20 Å². The topological polar surface area (TPSA) is 134 Å². The molecule has 10 heteroatoms. The molecule has 0 spiro atoms. The fourth-order valence-electron chi connectivity index (χ4n) is 4.48. The maximum absolute atomic E-state index is 12.2. The van der Waals surface area contributed by atoms with Crippen LogP contribution in [0.1, 0.15) is 63.4 Å². The van der Waals surface area contributed by atoms with Gasteiger partial charge in [-0.15, -0.1) is 0 Å². The summed E-state index contributed by atoms with van der Waals surface area (Å²) in [5.74, 6) is 2.02. The van der Waals surface area contributed by atoms with E-state index in [9.17, 15) is 9.90 Å². The molecule has 3 heterocycles. The summed E-state index contributed by atoms with van der Waals surface area (Å²) in [6.07, 6.45) is 7.07. The van der Waals surface area contributed by atoms with Gasteiger partial charge in [-0.1, -0.05) is 25.1 Å². The maximum Gasteiger partial charge on any atom is 0.324 e. The van der Waals surface area contributed by atoms with Gasteiger partial charge in [0, 0.05) is 31.5 Å². The summed E-state index contributed by atoms with van der Waals surface area (Å²) in [6, 6.07) is 4.55. The molecule has 0 radical (unpaired) electrons.